The fourth-order valence-corrected chi connectivity index (χ4v) is 1.83. The molecule has 0 aliphatic heterocycles. The minimum Gasteiger partial charge on any atom is -0.318 e. The Morgan fingerprint density at radius 1 is 1.47 bits per heavy atom. The fourth-order valence-electron chi connectivity index (χ4n) is 1.37. The SMILES string of the molecule is Cn1nccc1C(=O)Nc1ccc(I)cc1F. The lowest BCUT2D eigenvalue weighted by Crippen LogP contribution is -2.16. The van der Waals surface area contributed by atoms with Gasteiger partial charge < -0.3 is 5.32 Å². The van der Waals surface area contributed by atoms with Gasteiger partial charge in [-0.3, -0.25) is 9.48 Å². The molecule has 0 spiro atoms. The van der Waals surface area contributed by atoms with Gasteiger partial charge in [0.25, 0.3) is 5.91 Å². The Hall–Kier alpha value is -1.44. The lowest BCUT2D eigenvalue weighted by molar-refractivity contribution is 0.101. The Bertz CT molecular complexity index is 568. The van der Waals surface area contributed by atoms with Gasteiger partial charge in [0.15, 0.2) is 0 Å². The summed E-state index contributed by atoms with van der Waals surface area (Å²) in [5.74, 6) is -0.836. The highest BCUT2D eigenvalue weighted by Gasteiger charge is 2.12. The van der Waals surface area contributed by atoms with E-state index in [4.69, 9.17) is 0 Å². The maximum absolute atomic E-state index is 13.5. The van der Waals surface area contributed by atoms with Gasteiger partial charge in [0.2, 0.25) is 0 Å². The number of carbonyl (C=O) groups is 1. The summed E-state index contributed by atoms with van der Waals surface area (Å²) in [5.41, 5.74) is 0.541. The van der Waals surface area contributed by atoms with Gasteiger partial charge in [0, 0.05) is 16.8 Å². The maximum Gasteiger partial charge on any atom is 0.273 e. The first-order chi connectivity index (χ1) is 8.08. The van der Waals surface area contributed by atoms with Crippen LogP contribution in [0.15, 0.2) is 30.5 Å². The first-order valence-corrected chi connectivity index (χ1v) is 5.90. The molecule has 0 atom stereocenters. The molecular formula is C11H9FIN3O. The number of nitrogens with zero attached hydrogens (tertiary/aromatic N) is 2. The maximum atomic E-state index is 13.5. The molecule has 4 nitrogen and oxygen atoms in total. The number of nitrogens with one attached hydrogen (secondary N) is 1. The lowest BCUT2D eigenvalue weighted by atomic mass is 10.3. The van der Waals surface area contributed by atoms with Crippen LogP contribution in [0.3, 0.4) is 0 Å². The van der Waals surface area contributed by atoms with Crippen molar-refractivity contribution in [2.75, 3.05) is 5.32 Å². The molecule has 1 heterocycles. The molecule has 1 aromatic heterocycles. The zero-order chi connectivity index (χ0) is 12.4. The number of benzene rings is 1. The number of anilines is 1. The van der Waals surface area contributed by atoms with Crippen LogP contribution in [0.5, 0.6) is 0 Å². The summed E-state index contributed by atoms with van der Waals surface area (Å²) in [6, 6.07) is 6.19. The van der Waals surface area contributed by atoms with Crippen LogP contribution in [0.25, 0.3) is 0 Å². The summed E-state index contributed by atoms with van der Waals surface area (Å²) in [6.07, 6.45) is 1.51. The quantitative estimate of drug-likeness (QED) is 0.850. The second-order valence-corrected chi connectivity index (χ2v) is 4.66. The van der Waals surface area contributed by atoms with Crippen molar-refractivity contribution >= 4 is 34.2 Å². The van der Waals surface area contributed by atoms with Crippen molar-refractivity contribution in [3.63, 3.8) is 0 Å². The van der Waals surface area contributed by atoms with E-state index in [0.717, 1.165) is 3.57 Å². The number of aromatic nitrogens is 2. The average molecular weight is 345 g/mol. The van der Waals surface area contributed by atoms with E-state index in [0.29, 0.717) is 5.69 Å². The molecule has 1 amide bonds. The Morgan fingerprint density at radius 2 is 2.24 bits per heavy atom. The van der Waals surface area contributed by atoms with Crippen LogP contribution < -0.4 is 5.32 Å². The van der Waals surface area contributed by atoms with Crippen molar-refractivity contribution in [1.82, 2.24) is 9.78 Å². The smallest absolute Gasteiger partial charge is 0.273 e. The Kier molecular flexibility index (Phi) is 3.41. The number of carbonyl (C=O) groups excluding carboxylic acids is 1. The van der Waals surface area contributed by atoms with E-state index in [9.17, 15) is 9.18 Å². The first-order valence-electron chi connectivity index (χ1n) is 4.82. The van der Waals surface area contributed by atoms with Crippen molar-refractivity contribution in [2.24, 2.45) is 7.05 Å². The van der Waals surface area contributed by atoms with Crippen LogP contribution in [-0.2, 0) is 7.05 Å². The third-order valence-corrected chi connectivity index (χ3v) is 2.90. The topological polar surface area (TPSA) is 46.9 Å². The van der Waals surface area contributed by atoms with Gasteiger partial charge >= 0.3 is 0 Å². The molecule has 0 unspecified atom stereocenters. The minimum atomic E-state index is -0.451. The Morgan fingerprint density at radius 3 is 2.82 bits per heavy atom. The molecule has 88 valence electrons. The molecule has 0 aliphatic carbocycles. The highest BCUT2D eigenvalue weighted by molar-refractivity contribution is 14.1. The largest absolute Gasteiger partial charge is 0.318 e. The highest BCUT2D eigenvalue weighted by Crippen LogP contribution is 2.17. The standard InChI is InChI=1S/C11H9FIN3O/c1-16-10(4-5-14-16)11(17)15-9-3-2-7(13)6-8(9)12/h2-6H,1H3,(H,15,17). The zero-order valence-electron chi connectivity index (χ0n) is 8.95. The van der Waals surface area contributed by atoms with Gasteiger partial charge in [-0.2, -0.15) is 5.10 Å². The lowest BCUT2D eigenvalue weighted by Gasteiger charge is -2.06. The summed E-state index contributed by atoms with van der Waals surface area (Å²) in [6.45, 7) is 0. The van der Waals surface area contributed by atoms with E-state index in [1.807, 2.05) is 22.6 Å². The van der Waals surface area contributed by atoms with Crippen LogP contribution in [-0.4, -0.2) is 15.7 Å². The van der Waals surface area contributed by atoms with E-state index < -0.39 is 5.82 Å². The van der Waals surface area contributed by atoms with E-state index in [-0.39, 0.29) is 11.6 Å². The molecule has 1 aromatic carbocycles. The summed E-state index contributed by atoms with van der Waals surface area (Å²) < 4.78 is 15.7. The second kappa shape index (κ2) is 4.82. The Labute approximate surface area is 111 Å². The van der Waals surface area contributed by atoms with E-state index in [2.05, 4.69) is 10.4 Å². The van der Waals surface area contributed by atoms with E-state index in [1.165, 1.54) is 23.0 Å². The molecule has 0 bridgehead atoms. The van der Waals surface area contributed by atoms with Crippen LogP contribution in [0.2, 0.25) is 0 Å². The highest BCUT2D eigenvalue weighted by atomic mass is 127. The molecule has 6 heteroatoms. The molecule has 1 N–H and O–H groups in total. The van der Waals surface area contributed by atoms with Crippen molar-refractivity contribution in [3.8, 4) is 0 Å². The number of hydrogen-bond donors (Lipinski definition) is 1. The summed E-state index contributed by atoms with van der Waals surface area (Å²) in [7, 11) is 1.65. The monoisotopic (exact) mass is 345 g/mol. The van der Waals surface area contributed by atoms with Crippen molar-refractivity contribution in [3.05, 3.63) is 45.5 Å². The van der Waals surface area contributed by atoms with Gasteiger partial charge in [0.1, 0.15) is 11.5 Å². The molecular weight excluding hydrogens is 336 g/mol. The minimum absolute atomic E-state index is 0.164. The van der Waals surface area contributed by atoms with E-state index in [1.54, 1.807) is 19.2 Å². The van der Waals surface area contributed by atoms with Crippen LogP contribution >= 0.6 is 22.6 Å². The number of hydrogen-bond acceptors (Lipinski definition) is 2. The molecule has 2 rings (SSSR count). The predicted molar refractivity (Wildman–Crippen MR) is 70.3 cm³/mol. The first kappa shape index (κ1) is 12.0. The van der Waals surface area contributed by atoms with Crippen LogP contribution in [0, 0.1) is 9.39 Å². The summed E-state index contributed by atoms with van der Waals surface area (Å²) >= 11 is 2.00. The molecule has 0 radical (unpaired) electrons. The third-order valence-electron chi connectivity index (χ3n) is 2.23. The third kappa shape index (κ3) is 2.63. The molecule has 17 heavy (non-hydrogen) atoms. The molecule has 2 aromatic rings. The molecule has 0 aliphatic rings. The second-order valence-electron chi connectivity index (χ2n) is 3.42. The van der Waals surface area contributed by atoms with Crippen LogP contribution in [0.4, 0.5) is 10.1 Å². The zero-order valence-corrected chi connectivity index (χ0v) is 11.1. The number of halogens is 2. The molecule has 0 fully saturated rings. The van der Waals surface area contributed by atoms with Crippen molar-refractivity contribution in [2.45, 2.75) is 0 Å². The van der Waals surface area contributed by atoms with Crippen LogP contribution in [0.1, 0.15) is 10.5 Å². The average Bonchev–Trinajstić information content (AvgIpc) is 2.68. The Balaban J connectivity index is 2.22. The summed E-state index contributed by atoms with van der Waals surface area (Å²) in [5, 5.41) is 6.38. The van der Waals surface area contributed by atoms with Gasteiger partial charge in [-0.05, 0) is 46.9 Å². The summed E-state index contributed by atoms with van der Waals surface area (Å²) in [4.78, 5) is 11.8. The van der Waals surface area contributed by atoms with Gasteiger partial charge in [-0.15, -0.1) is 0 Å². The predicted octanol–water partition coefficient (Wildman–Crippen LogP) is 2.42. The fraction of sp³-hybridized carbons (Fsp3) is 0.0909. The normalized spacial score (nSPS) is 10.3. The number of amides is 1. The molecule has 0 saturated carbocycles. The van der Waals surface area contributed by atoms with Gasteiger partial charge in [0.05, 0.1) is 5.69 Å². The number of aryl methyl sites for hydroxylation is 1. The van der Waals surface area contributed by atoms with Gasteiger partial charge in [-0.25, -0.2) is 4.39 Å². The van der Waals surface area contributed by atoms with Gasteiger partial charge in [-0.1, -0.05) is 0 Å². The van der Waals surface area contributed by atoms with Crippen molar-refractivity contribution in [1.29, 1.82) is 0 Å². The molecule has 0 saturated heterocycles. The van der Waals surface area contributed by atoms with Crippen molar-refractivity contribution < 1.29 is 9.18 Å². The number of rotatable bonds is 2. The van der Waals surface area contributed by atoms with E-state index >= 15 is 0 Å².